The second-order valence-electron chi connectivity index (χ2n) is 5.07. The van der Waals surface area contributed by atoms with E-state index >= 15 is 0 Å². The Morgan fingerprint density at radius 1 is 1.25 bits per heavy atom. The van der Waals surface area contributed by atoms with E-state index in [2.05, 4.69) is 15.6 Å². The van der Waals surface area contributed by atoms with Gasteiger partial charge in [-0.2, -0.15) is 0 Å². The fraction of sp³-hybridized carbons (Fsp3) is 0.0625. The molecule has 0 unspecified atom stereocenters. The average molecular weight is 346 g/mol. The van der Waals surface area contributed by atoms with Crippen molar-refractivity contribution in [2.75, 3.05) is 11.1 Å². The van der Waals surface area contributed by atoms with Gasteiger partial charge in [0.15, 0.2) is 11.5 Å². The van der Waals surface area contributed by atoms with Gasteiger partial charge in [-0.05, 0) is 35.9 Å². The Bertz CT molecular complexity index is 878. The van der Waals surface area contributed by atoms with Crippen molar-refractivity contribution in [3.05, 3.63) is 70.6 Å². The van der Waals surface area contributed by atoms with Crippen molar-refractivity contribution in [2.24, 2.45) is 0 Å². The third kappa shape index (κ3) is 3.52. The first kappa shape index (κ1) is 15.9. The standard InChI is InChI=1S/C16H13ClFN5O/c17-11-6-4-10(5-7-11)9-23-15(19)14(21-22-23)16(24)20-13-3-1-2-12(18)8-13/h1-8H,9,19H2,(H,20,24). The fourth-order valence-electron chi connectivity index (χ4n) is 2.12. The number of halogens is 2. The van der Waals surface area contributed by atoms with Gasteiger partial charge >= 0.3 is 0 Å². The smallest absolute Gasteiger partial charge is 0.280 e. The zero-order valence-electron chi connectivity index (χ0n) is 12.4. The van der Waals surface area contributed by atoms with Gasteiger partial charge in [0.25, 0.3) is 5.91 Å². The maximum atomic E-state index is 13.2. The number of nitrogens with two attached hydrogens (primary N) is 1. The predicted octanol–water partition coefficient (Wildman–Crippen LogP) is 2.95. The number of nitrogens with zero attached hydrogens (tertiary/aromatic N) is 3. The van der Waals surface area contributed by atoms with Crippen LogP contribution in [-0.2, 0) is 6.54 Å². The van der Waals surface area contributed by atoms with Crippen LogP contribution in [0.2, 0.25) is 5.02 Å². The lowest BCUT2D eigenvalue weighted by atomic mass is 10.2. The first-order valence-corrected chi connectivity index (χ1v) is 7.41. The van der Waals surface area contributed by atoms with Crippen molar-refractivity contribution in [3.63, 3.8) is 0 Å². The molecule has 0 bridgehead atoms. The summed E-state index contributed by atoms with van der Waals surface area (Å²) in [6, 6.07) is 12.7. The number of aromatic nitrogens is 3. The van der Waals surface area contributed by atoms with Gasteiger partial charge in [0.2, 0.25) is 0 Å². The van der Waals surface area contributed by atoms with Crippen LogP contribution in [0.3, 0.4) is 0 Å². The molecule has 0 radical (unpaired) electrons. The van der Waals surface area contributed by atoms with E-state index in [4.69, 9.17) is 17.3 Å². The minimum absolute atomic E-state index is 0.0202. The van der Waals surface area contributed by atoms with E-state index in [1.54, 1.807) is 18.2 Å². The Balaban J connectivity index is 1.76. The van der Waals surface area contributed by atoms with Crippen LogP contribution in [0.15, 0.2) is 48.5 Å². The second kappa shape index (κ2) is 6.67. The molecule has 3 N–H and O–H groups in total. The maximum absolute atomic E-state index is 13.2. The Hall–Kier alpha value is -2.93. The highest BCUT2D eigenvalue weighted by Crippen LogP contribution is 2.16. The zero-order chi connectivity index (χ0) is 17.1. The van der Waals surface area contributed by atoms with Gasteiger partial charge in [0.05, 0.1) is 6.54 Å². The van der Waals surface area contributed by atoms with Crippen LogP contribution < -0.4 is 11.1 Å². The molecule has 0 aliphatic rings. The van der Waals surface area contributed by atoms with Crippen molar-refractivity contribution in [2.45, 2.75) is 6.54 Å². The largest absolute Gasteiger partial charge is 0.382 e. The number of hydrogen-bond acceptors (Lipinski definition) is 4. The van der Waals surface area contributed by atoms with Gasteiger partial charge in [-0.1, -0.05) is 35.0 Å². The van der Waals surface area contributed by atoms with E-state index < -0.39 is 11.7 Å². The first-order valence-electron chi connectivity index (χ1n) is 7.03. The summed E-state index contributed by atoms with van der Waals surface area (Å²) in [4.78, 5) is 12.2. The Labute approximate surface area is 142 Å². The third-order valence-electron chi connectivity index (χ3n) is 3.32. The number of rotatable bonds is 4. The summed E-state index contributed by atoms with van der Waals surface area (Å²) in [6.45, 7) is 0.350. The van der Waals surface area contributed by atoms with Crippen molar-refractivity contribution < 1.29 is 9.18 Å². The molecule has 1 amide bonds. The van der Waals surface area contributed by atoms with Crippen molar-refractivity contribution in [1.82, 2.24) is 15.0 Å². The summed E-state index contributed by atoms with van der Waals surface area (Å²) < 4.78 is 14.6. The highest BCUT2D eigenvalue weighted by molar-refractivity contribution is 6.30. The van der Waals surface area contributed by atoms with Gasteiger partial charge in [-0.15, -0.1) is 5.10 Å². The highest BCUT2D eigenvalue weighted by Gasteiger charge is 2.18. The lowest BCUT2D eigenvalue weighted by Gasteiger charge is -2.05. The summed E-state index contributed by atoms with van der Waals surface area (Å²) in [5.74, 6) is -0.883. The highest BCUT2D eigenvalue weighted by atomic mass is 35.5. The van der Waals surface area contributed by atoms with Crippen LogP contribution in [0.1, 0.15) is 16.1 Å². The molecule has 24 heavy (non-hydrogen) atoms. The molecule has 0 atom stereocenters. The molecule has 0 saturated heterocycles. The normalized spacial score (nSPS) is 10.6. The molecule has 1 aromatic heterocycles. The number of anilines is 2. The van der Waals surface area contributed by atoms with E-state index in [9.17, 15) is 9.18 Å². The minimum atomic E-state index is -0.555. The van der Waals surface area contributed by atoms with E-state index in [-0.39, 0.29) is 11.5 Å². The number of amides is 1. The molecule has 3 rings (SSSR count). The first-order chi connectivity index (χ1) is 11.5. The van der Waals surface area contributed by atoms with E-state index in [1.807, 2.05) is 12.1 Å². The van der Waals surface area contributed by atoms with Gasteiger partial charge in [-0.25, -0.2) is 9.07 Å². The topological polar surface area (TPSA) is 85.8 Å². The predicted molar refractivity (Wildman–Crippen MR) is 89.3 cm³/mol. The molecular weight excluding hydrogens is 333 g/mol. The summed E-state index contributed by atoms with van der Waals surface area (Å²) >= 11 is 5.84. The number of nitrogens with one attached hydrogen (secondary N) is 1. The summed E-state index contributed by atoms with van der Waals surface area (Å²) in [5, 5.41) is 10.8. The number of hydrogen-bond donors (Lipinski definition) is 2. The molecule has 0 saturated carbocycles. The zero-order valence-corrected chi connectivity index (χ0v) is 13.2. The molecule has 8 heteroatoms. The van der Waals surface area contributed by atoms with Gasteiger partial charge in [0, 0.05) is 10.7 Å². The lowest BCUT2D eigenvalue weighted by molar-refractivity contribution is 0.102. The molecule has 0 aliphatic carbocycles. The van der Waals surface area contributed by atoms with E-state index in [0.29, 0.717) is 17.3 Å². The van der Waals surface area contributed by atoms with Crippen LogP contribution in [0.4, 0.5) is 15.9 Å². The monoisotopic (exact) mass is 345 g/mol. The van der Waals surface area contributed by atoms with E-state index in [0.717, 1.165) is 5.56 Å². The third-order valence-corrected chi connectivity index (χ3v) is 3.57. The van der Waals surface area contributed by atoms with Crippen LogP contribution in [-0.4, -0.2) is 20.9 Å². The molecule has 3 aromatic rings. The average Bonchev–Trinajstić information content (AvgIpc) is 2.91. The molecule has 2 aromatic carbocycles. The quantitative estimate of drug-likeness (QED) is 0.761. The van der Waals surface area contributed by atoms with Gasteiger partial charge in [-0.3, -0.25) is 4.79 Å². The summed E-state index contributed by atoms with van der Waals surface area (Å²) in [5.41, 5.74) is 7.14. The van der Waals surface area contributed by atoms with Crippen LogP contribution in [0.5, 0.6) is 0 Å². The molecular formula is C16H13ClFN5O. The van der Waals surface area contributed by atoms with E-state index in [1.165, 1.54) is 22.9 Å². The number of benzene rings is 2. The number of carbonyl (C=O) groups excluding carboxylic acids is 1. The summed E-state index contributed by atoms with van der Waals surface area (Å²) in [6.07, 6.45) is 0. The van der Waals surface area contributed by atoms with Crippen LogP contribution in [0, 0.1) is 5.82 Å². The van der Waals surface area contributed by atoms with Gasteiger partial charge in [0.1, 0.15) is 5.82 Å². The molecule has 122 valence electrons. The van der Waals surface area contributed by atoms with Crippen molar-refractivity contribution in [1.29, 1.82) is 0 Å². The second-order valence-corrected chi connectivity index (χ2v) is 5.51. The van der Waals surface area contributed by atoms with Crippen LogP contribution in [0.25, 0.3) is 0 Å². The van der Waals surface area contributed by atoms with Gasteiger partial charge < -0.3 is 11.1 Å². The molecule has 6 nitrogen and oxygen atoms in total. The molecule has 1 heterocycles. The minimum Gasteiger partial charge on any atom is -0.382 e. The SMILES string of the molecule is Nc1c(C(=O)Nc2cccc(F)c2)nnn1Cc1ccc(Cl)cc1. The molecule has 0 aliphatic heterocycles. The van der Waals surface area contributed by atoms with Crippen LogP contribution >= 0.6 is 11.6 Å². The fourth-order valence-corrected chi connectivity index (χ4v) is 2.24. The lowest BCUT2D eigenvalue weighted by Crippen LogP contribution is -2.15. The number of carbonyl (C=O) groups is 1. The Morgan fingerprint density at radius 3 is 2.71 bits per heavy atom. The Morgan fingerprint density at radius 2 is 2.00 bits per heavy atom. The molecule has 0 spiro atoms. The maximum Gasteiger partial charge on any atom is 0.280 e. The van der Waals surface area contributed by atoms with Crippen molar-refractivity contribution >= 4 is 29.0 Å². The number of nitrogen functional groups attached to an aromatic ring is 1. The van der Waals surface area contributed by atoms with Crippen molar-refractivity contribution in [3.8, 4) is 0 Å². The molecule has 0 fully saturated rings. The Kier molecular flexibility index (Phi) is 4.43. The summed E-state index contributed by atoms with van der Waals surface area (Å²) in [7, 11) is 0.